The third-order valence-electron chi connectivity index (χ3n) is 3.09. The maximum absolute atomic E-state index is 11.7. The molecule has 0 atom stereocenters. The van der Waals surface area contributed by atoms with Crippen molar-refractivity contribution in [2.75, 3.05) is 12.4 Å². The van der Waals surface area contributed by atoms with Crippen molar-refractivity contribution < 1.29 is 23.1 Å². The maximum Gasteiger partial charge on any atom is 0.339 e. The Morgan fingerprint density at radius 3 is 2.63 bits per heavy atom. The van der Waals surface area contributed by atoms with Crippen LogP contribution in [0.3, 0.4) is 0 Å². The summed E-state index contributed by atoms with van der Waals surface area (Å²) in [7, 11) is -3.41. The summed E-state index contributed by atoms with van der Waals surface area (Å²) in [6.07, 6.45) is 2.20. The van der Waals surface area contributed by atoms with E-state index in [1.54, 1.807) is 0 Å². The standard InChI is InChI=1S/C13H16O5S/c1-2-19(16,17)10-5-6-12(11(7-10)13(14)15)18-8-9-3-4-9/h5-7,9H,2-4,8H2,1H3,(H,14,15). The molecule has 104 valence electrons. The minimum absolute atomic E-state index is 0.0196. The van der Waals surface area contributed by atoms with Crippen molar-refractivity contribution in [2.24, 2.45) is 5.92 Å². The molecule has 0 heterocycles. The third kappa shape index (κ3) is 3.26. The molecule has 6 heteroatoms. The van der Waals surface area contributed by atoms with E-state index in [1.807, 2.05) is 0 Å². The largest absolute Gasteiger partial charge is 0.492 e. The van der Waals surface area contributed by atoms with Gasteiger partial charge < -0.3 is 9.84 Å². The van der Waals surface area contributed by atoms with Crippen LogP contribution < -0.4 is 4.74 Å². The zero-order valence-corrected chi connectivity index (χ0v) is 11.4. The number of hydrogen-bond donors (Lipinski definition) is 1. The number of carboxylic acid groups (broad SMARTS) is 1. The molecule has 1 aromatic carbocycles. The average Bonchev–Trinajstić information content (AvgIpc) is 3.20. The summed E-state index contributed by atoms with van der Waals surface area (Å²) in [6, 6.07) is 3.99. The highest BCUT2D eigenvalue weighted by molar-refractivity contribution is 7.91. The molecule has 19 heavy (non-hydrogen) atoms. The van der Waals surface area contributed by atoms with E-state index in [4.69, 9.17) is 9.84 Å². The van der Waals surface area contributed by atoms with Gasteiger partial charge in [0, 0.05) is 0 Å². The summed E-state index contributed by atoms with van der Waals surface area (Å²) in [4.78, 5) is 11.2. The van der Waals surface area contributed by atoms with Crippen LogP contribution in [0.4, 0.5) is 0 Å². The second-order valence-electron chi connectivity index (χ2n) is 4.62. The van der Waals surface area contributed by atoms with Gasteiger partial charge in [0.1, 0.15) is 11.3 Å². The second kappa shape index (κ2) is 5.21. The SMILES string of the molecule is CCS(=O)(=O)c1ccc(OCC2CC2)c(C(=O)O)c1. The van der Waals surface area contributed by atoms with Gasteiger partial charge in [-0.15, -0.1) is 0 Å². The van der Waals surface area contributed by atoms with E-state index in [9.17, 15) is 13.2 Å². The Morgan fingerprint density at radius 1 is 1.42 bits per heavy atom. The molecule has 0 amide bonds. The molecule has 1 fully saturated rings. The van der Waals surface area contributed by atoms with Crippen molar-refractivity contribution in [3.63, 3.8) is 0 Å². The molecular formula is C13H16O5S. The molecule has 0 aromatic heterocycles. The molecule has 1 aromatic rings. The van der Waals surface area contributed by atoms with Gasteiger partial charge in [0.05, 0.1) is 17.3 Å². The molecule has 0 bridgehead atoms. The molecule has 2 rings (SSSR count). The summed E-state index contributed by atoms with van der Waals surface area (Å²) in [5.41, 5.74) is -0.102. The summed E-state index contributed by atoms with van der Waals surface area (Å²) >= 11 is 0. The lowest BCUT2D eigenvalue weighted by Gasteiger charge is -2.10. The first kappa shape index (κ1) is 13.9. The van der Waals surface area contributed by atoms with Crippen molar-refractivity contribution in [3.05, 3.63) is 23.8 Å². The molecule has 0 aliphatic heterocycles. The summed E-state index contributed by atoms with van der Waals surface area (Å²) in [6.45, 7) is 2.01. The fourth-order valence-corrected chi connectivity index (χ4v) is 2.56. The number of benzene rings is 1. The number of aromatic carboxylic acids is 1. The van der Waals surface area contributed by atoms with Gasteiger partial charge in [0.15, 0.2) is 9.84 Å². The number of hydrogen-bond acceptors (Lipinski definition) is 4. The van der Waals surface area contributed by atoms with E-state index >= 15 is 0 Å². The van der Waals surface area contributed by atoms with Gasteiger partial charge in [0.2, 0.25) is 0 Å². The lowest BCUT2D eigenvalue weighted by Crippen LogP contribution is -2.09. The molecule has 0 unspecified atom stereocenters. The Balaban J connectivity index is 2.31. The molecule has 0 saturated heterocycles. The van der Waals surface area contributed by atoms with Crippen LogP contribution >= 0.6 is 0 Å². The highest BCUT2D eigenvalue weighted by atomic mass is 32.2. The fourth-order valence-electron chi connectivity index (χ4n) is 1.65. The normalized spacial score (nSPS) is 15.2. The van der Waals surface area contributed by atoms with Crippen LogP contribution in [0.25, 0.3) is 0 Å². The van der Waals surface area contributed by atoms with E-state index in [-0.39, 0.29) is 22.0 Å². The highest BCUT2D eigenvalue weighted by Gasteiger charge is 2.24. The van der Waals surface area contributed by atoms with Gasteiger partial charge in [-0.1, -0.05) is 6.92 Å². The van der Waals surface area contributed by atoms with E-state index < -0.39 is 15.8 Å². The predicted octanol–water partition coefficient (Wildman–Crippen LogP) is 1.97. The van der Waals surface area contributed by atoms with Crippen LogP contribution in [-0.4, -0.2) is 31.9 Å². The highest BCUT2D eigenvalue weighted by Crippen LogP contribution is 2.31. The minimum atomic E-state index is -3.41. The van der Waals surface area contributed by atoms with Crippen LogP contribution in [-0.2, 0) is 9.84 Å². The van der Waals surface area contributed by atoms with Crippen LogP contribution in [0.2, 0.25) is 0 Å². The lowest BCUT2D eigenvalue weighted by molar-refractivity contribution is 0.0691. The van der Waals surface area contributed by atoms with Crippen molar-refractivity contribution in [1.29, 1.82) is 0 Å². The van der Waals surface area contributed by atoms with Crippen molar-refractivity contribution in [2.45, 2.75) is 24.7 Å². The van der Waals surface area contributed by atoms with Crippen LogP contribution in [0, 0.1) is 5.92 Å². The summed E-state index contributed by atoms with van der Waals surface area (Å²) in [5.74, 6) is -0.511. The molecule has 0 spiro atoms. The number of sulfone groups is 1. The molecule has 1 saturated carbocycles. The Kier molecular flexibility index (Phi) is 3.80. The molecule has 1 N–H and O–H groups in total. The zero-order valence-electron chi connectivity index (χ0n) is 10.6. The first-order chi connectivity index (χ1) is 8.94. The van der Waals surface area contributed by atoms with Gasteiger partial charge in [-0.3, -0.25) is 0 Å². The quantitative estimate of drug-likeness (QED) is 0.863. The summed E-state index contributed by atoms with van der Waals surface area (Å²) in [5, 5.41) is 9.13. The molecule has 5 nitrogen and oxygen atoms in total. The number of rotatable bonds is 6. The Bertz CT molecular complexity index is 587. The molecule has 1 aliphatic rings. The van der Waals surface area contributed by atoms with Crippen LogP contribution in [0.15, 0.2) is 23.1 Å². The first-order valence-corrected chi connectivity index (χ1v) is 7.82. The first-order valence-electron chi connectivity index (χ1n) is 6.17. The van der Waals surface area contributed by atoms with Crippen LogP contribution in [0.5, 0.6) is 5.75 Å². The van der Waals surface area contributed by atoms with E-state index in [0.717, 1.165) is 12.8 Å². The number of carboxylic acids is 1. The zero-order chi connectivity index (χ0) is 14.0. The minimum Gasteiger partial charge on any atom is -0.492 e. The Morgan fingerprint density at radius 2 is 2.11 bits per heavy atom. The fraction of sp³-hybridized carbons (Fsp3) is 0.462. The van der Waals surface area contributed by atoms with E-state index in [0.29, 0.717) is 12.5 Å². The molecule has 1 aliphatic carbocycles. The van der Waals surface area contributed by atoms with Crippen molar-refractivity contribution >= 4 is 15.8 Å². The molecule has 0 radical (unpaired) electrons. The van der Waals surface area contributed by atoms with Crippen molar-refractivity contribution in [3.8, 4) is 5.75 Å². The summed E-state index contributed by atoms with van der Waals surface area (Å²) < 4.78 is 28.9. The smallest absolute Gasteiger partial charge is 0.339 e. The average molecular weight is 284 g/mol. The van der Waals surface area contributed by atoms with Gasteiger partial charge in [-0.05, 0) is 37.0 Å². The monoisotopic (exact) mass is 284 g/mol. The maximum atomic E-state index is 11.7. The number of ether oxygens (including phenoxy) is 1. The van der Waals surface area contributed by atoms with Gasteiger partial charge >= 0.3 is 5.97 Å². The third-order valence-corrected chi connectivity index (χ3v) is 4.82. The molecular weight excluding hydrogens is 268 g/mol. The van der Waals surface area contributed by atoms with E-state index in [2.05, 4.69) is 0 Å². The Hall–Kier alpha value is -1.56. The van der Waals surface area contributed by atoms with Gasteiger partial charge in [-0.2, -0.15) is 0 Å². The van der Waals surface area contributed by atoms with Crippen LogP contribution in [0.1, 0.15) is 30.1 Å². The Labute approximate surface area is 112 Å². The van der Waals surface area contributed by atoms with Crippen molar-refractivity contribution in [1.82, 2.24) is 0 Å². The second-order valence-corrected chi connectivity index (χ2v) is 6.90. The lowest BCUT2D eigenvalue weighted by atomic mass is 10.2. The van der Waals surface area contributed by atoms with Gasteiger partial charge in [0.25, 0.3) is 0 Å². The van der Waals surface area contributed by atoms with E-state index in [1.165, 1.54) is 25.1 Å². The predicted molar refractivity (Wildman–Crippen MR) is 69.3 cm³/mol. The van der Waals surface area contributed by atoms with Gasteiger partial charge in [-0.25, -0.2) is 13.2 Å². The number of carbonyl (C=O) groups is 1. The topological polar surface area (TPSA) is 80.7 Å².